The van der Waals surface area contributed by atoms with Gasteiger partial charge in [0.25, 0.3) is 0 Å². The van der Waals surface area contributed by atoms with Crippen LogP contribution in [0.4, 0.5) is 0 Å². The highest BCUT2D eigenvalue weighted by Gasteiger charge is 2.21. The van der Waals surface area contributed by atoms with Crippen LogP contribution in [-0.4, -0.2) is 19.5 Å². The summed E-state index contributed by atoms with van der Waals surface area (Å²) in [6.45, 7) is 0. The molecule has 0 saturated carbocycles. The zero-order valence-corrected chi connectivity index (χ0v) is 30.2. The number of fused-ring (bicyclic) bond motifs is 6. The van der Waals surface area contributed by atoms with Crippen molar-refractivity contribution in [1.82, 2.24) is 19.5 Å². The number of aromatic nitrogens is 4. The molecule has 0 spiro atoms. The molecule has 0 N–H and O–H groups in total. The second kappa shape index (κ2) is 13.0. The molecule has 0 atom stereocenters. The largest absolute Gasteiger partial charge is 0.455 e. The van der Waals surface area contributed by atoms with Gasteiger partial charge in [0.1, 0.15) is 11.2 Å². The van der Waals surface area contributed by atoms with Gasteiger partial charge in [-0.2, -0.15) is 0 Å². The van der Waals surface area contributed by atoms with E-state index in [4.69, 9.17) is 19.4 Å². The van der Waals surface area contributed by atoms with E-state index in [9.17, 15) is 0 Å². The van der Waals surface area contributed by atoms with Crippen LogP contribution in [0.25, 0.3) is 106 Å². The molecule has 56 heavy (non-hydrogen) atoms. The predicted molar refractivity (Wildman–Crippen MR) is 229 cm³/mol. The molecule has 3 aromatic heterocycles. The van der Waals surface area contributed by atoms with E-state index in [1.807, 2.05) is 72.8 Å². The van der Waals surface area contributed by atoms with E-state index in [2.05, 4.69) is 126 Å². The van der Waals surface area contributed by atoms with Crippen molar-refractivity contribution < 1.29 is 4.42 Å². The maximum absolute atomic E-state index is 6.58. The van der Waals surface area contributed by atoms with Crippen LogP contribution in [0.2, 0.25) is 0 Å². The zero-order valence-electron chi connectivity index (χ0n) is 30.2. The van der Waals surface area contributed by atoms with Gasteiger partial charge in [0, 0.05) is 54.9 Å². The topological polar surface area (TPSA) is 56.7 Å². The Labute approximate surface area is 322 Å². The second-order valence-corrected chi connectivity index (χ2v) is 14.0. The molecular weight excluding hydrogens is 685 g/mol. The minimum Gasteiger partial charge on any atom is -0.455 e. The van der Waals surface area contributed by atoms with Crippen molar-refractivity contribution in [3.05, 3.63) is 194 Å². The van der Waals surface area contributed by atoms with Gasteiger partial charge in [0.2, 0.25) is 0 Å². The van der Waals surface area contributed by atoms with Crippen molar-refractivity contribution in [3.8, 4) is 62.1 Å². The van der Waals surface area contributed by atoms with Gasteiger partial charge in [-0.1, -0.05) is 170 Å². The molecular formula is C51H32N4O. The van der Waals surface area contributed by atoms with Gasteiger partial charge in [0.05, 0.1) is 16.7 Å². The summed E-state index contributed by atoms with van der Waals surface area (Å²) in [5.74, 6) is 1.90. The normalized spacial score (nSPS) is 11.6. The van der Waals surface area contributed by atoms with Gasteiger partial charge < -0.3 is 8.98 Å². The number of hydrogen-bond donors (Lipinski definition) is 0. The number of hydrogen-bond acceptors (Lipinski definition) is 4. The van der Waals surface area contributed by atoms with E-state index >= 15 is 0 Å². The summed E-state index contributed by atoms with van der Waals surface area (Å²) in [7, 11) is 0. The molecule has 0 aliphatic heterocycles. The third kappa shape index (κ3) is 5.21. The molecule has 0 amide bonds. The van der Waals surface area contributed by atoms with Crippen LogP contribution in [0, 0.1) is 0 Å². The first-order chi connectivity index (χ1) is 27.8. The third-order valence-electron chi connectivity index (χ3n) is 10.7. The summed E-state index contributed by atoms with van der Waals surface area (Å²) in [6.07, 6.45) is 0. The van der Waals surface area contributed by atoms with Crippen LogP contribution in [0.15, 0.2) is 199 Å². The van der Waals surface area contributed by atoms with Crippen molar-refractivity contribution in [2.75, 3.05) is 0 Å². The first-order valence-corrected chi connectivity index (χ1v) is 18.8. The fraction of sp³-hybridized carbons (Fsp3) is 0. The van der Waals surface area contributed by atoms with Crippen molar-refractivity contribution in [2.45, 2.75) is 0 Å². The standard InChI is InChI=1S/C51H32N4O/c1-3-16-33(17-4-1)49-52-50(34-18-5-2-6-19-34)54-51(53-49)36-21-13-20-35(32-36)37-25-14-26-41-38-22-7-10-29-44(38)55(47(37)41)45-30-11-8-23-39(45)42-27-15-28-43-40-24-9-12-31-46(40)56-48(42)43/h1-32H. The molecule has 0 unspecified atom stereocenters. The zero-order chi connectivity index (χ0) is 37.0. The van der Waals surface area contributed by atoms with Gasteiger partial charge in [-0.15, -0.1) is 0 Å². The Morgan fingerprint density at radius 3 is 1.64 bits per heavy atom. The lowest BCUT2D eigenvalue weighted by Crippen LogP contribution is -2.00. The van der Waals surface area contributed by atoms with Crippen molar-refractivity contribution in [3.63, 3.8) is 0 Å². The summed E-state index contributed by atoms with van der Waals surface area (Å²) in [4.78, 5) is 15.0. The van der Waals surface area contributed by atoms with Crippen LogP contribution >= 0.6 is 0 Å². The fourth-order valence-electron chi connectivity index (χ4n) is 8.12. The van der Waals surface area contributed by atoms with E-state index in [1.54, 1.807) is 0 Å². The van der Waals surface area contributed by atoms with Crippen molar-refractivity contribution in [1.29, 1.82) is 0 Å². The fourth-order valence-corrected chi connectivity index (χ4v) is 8.12. The molecule has 0 aliphatic carbocycles. The SMILES string of the molecule is c1ccc(-c2nc(-c3ccccc3)nc(-c3cccc(-c4cccc5c6ccccc6n(-c6ccccc6-c6cccc7c6oc6ccccc67)c45)c3)n2)cc1. The second-order valence-electron chi connectivity index (χ2n) is 14.0. The third-order valence-corrected chi connectivity index (χ3v) is 10.7. The summed E-state index contributed by atoms with van der Waals surface area (Å²) >= 11 is 0. The monoisotopic (exact) mass is 716 g/mol. The molecule has 0 bridgehead atoms. The molecule has 3 heterocycles. The number of nitrogens with zero attached hydrogens (tertiary/aromatic N) is 4. The predicted octanol–water partition coefficient (Wildman–Crippen LogP) is 13.2. The number of benzene rings is 8. The lowest BCUT2D eigenvalue weighted by Gasteiger charge is -2.16. The highest BCUT2D eigenvalue weighted by molar-refractivity contribution is 6.15. The van der Waals surface area contributed by atoms with Gasteiger partial charge >= 0.3 is 0 Å². The van der Waals surface area contributed by atoms with E-state index < -0.39 is 0 Å². The Morgan fingerprint density at radius 1 is 0.357 bits per heavy atom. The Hall–Kier alpha value is -7.63. The van der Waals surface area contributed by atoms with Crippen molar-refractivity contribution >= 4 is 43.7 Å². The smallest absolute Gasteiger partial charge is 0.164 e. The molecule has 262 valence electrons. The lowest BCUT2D eigenvalue weighted by atomic mass is 9.98. The number of para-hydroxylation sites is 5. The van der Waals surface area contributed by atoms with E-state index in [0.29, 0.717) is 17.5 Å². The minimum atomic E-state index is 0.622. The Bertz CT molecular complexity index is 3200. The summed E-state index contributed by atoms with van der Waals surface area (Å²) in [5.41, 5.74) is 12.2. The number of rotatable bonds is 6. The molecule has 11 aromatic rings. The van der Waals surface area contributed by atoms with Crippen molar-refractivity contribution in [2.24, 2.45) is 0 Å². The Balaban J connectivity index is 1.13. The van der Waals surface area contributed by atoms with Crippen LogP contribution in [0.3, 0.4) is 0 Å². The van der Waals surface area contributed by atoms with Gasteiger partial charge in [-0.3, -0.25) is 0 Å². The summed E-state index contributed by atoms with van der Waals surface area (Å²) in [6, 6.07) is 67.4. The first kappa shape index (κ1) is 31.9. The summed E-state index contributed by atoms with van der Waals surface area (Å²) in [5, 5.41) is 4.59. The maximum atomic E-state index is 6.58. The molecule has 0 saturated heterocycles. The van der Waals surface area contributed by atoms with Crippen LogP contribution in [0.5, 0.6) is 0 Å². The van der Waals surface area contributed by atoms with Gasteiger partial charge in [0.15, 0.2) is 17.5 Å². The van der Waals surface area contributed by atoms with E-state index in [-0.39, 0.29) is 0 Å². The molecule has 8 aromatic carbocycles. The maximum Gasteiger partial charge on any atom is 0.164 e. The Morgan fingerprint density at radius 2 is 0.875 bits per heavy atom. The first-order valence-electron chi connectivity index (χ1n) is 18.8. The minimum absolute atomic E-state index is 0.622. The van der Waals surface area contributed by atoms with E-state index in [0.717, 1.165) is 77.6 Å². The average Bonchev–Trinajstić information content (AvgIpc) is 3.83. The lowest BCUT2D eigenvalue weighted by molar-refractivity contribution is 0.670. The molecule has 5 nitrogen and oxygen atoms in total. The molecule has 0 aliphatic rings. The molecule has 11 rings (SSSR count). The highest BCUT2D eigenvalue weighted by Crippen LogP contribution is 2.43. The van der Waals surface area contributed by atoms with Crippen LogP contribution in [0.1, 0.15) is 0 Å². The number of furan rings is 1. The van der Waals surface area contributed by atoms with Gasteiger partial charge in [-0.25, -0.2) is 15.0 Å². The highest BCUT2D eigenvalue weighted by atomic mass is 16.3. The average molecular weight is 717 g/mol. The molecule has 5 heteroatoms. The summed E-state index contributed by atoms with van der Waals surface area (Å²) < 4.78 is 9.01. The van der Waals surface area contributed by atoms with Gasteiger partial charge in [-0.05, 0) is 29.8 Å². The van der Waals surface area contributed by atoms with Crippen LogP contribution < -0.4 is 0 Å². The quantitative estimate of drug-likeness (QED) is 0.172. The van der Waals surface area contributed by atoms with Crippen LogP contribution in [-0.2, 0) is 0 Å². The Kier molecular flexibility index (Phi) is 7.42. The molecule has 0 fully saturated rings. The molecule has 0 radical (unpaired) electrons. The van der Waals surface area contributed by atoms with E-state index in [1.165, 1.54) is 10.8 Å².